The number of thioether (sulfide) groups is 2. The number of fused-ring (bicyclic) bond motifs is 1. The molecule has 1 fully saturated rings. The maximum atomic E-state index is 12.1. The lowest BCUT2D eigenvalue weighted by Gasteiger charge is -2.48. The Kier molecular flexibility index (Phi) is 4.96. The third-order valence-electron chi connectivity index (χ3n) is 3.61. The van der Waals surface area contributed by atoms with E-state index in [9.17, 15) is 19.5 Å². The van der Waals surface area contributed by atoms with Gasteiger partial charge in [-0.15, -0.1) is 16.9 Å². The van der Waals surface area contributed by atoms with Crippen molar-refractivity contribution < 1.29 is 29.3 Å². The number of aromatic nitrogens is 4. The number of carboxylic acid groups (broad SMARTS) is 2. The van der Waals surface area contributed by atoms with E-state index in [-0.39, 0.29) is 27.9 Å². The molecule has 2 aliphatic heterocycles. The highest BCUT2D eigenvalue weighted by atomic mass is 32.2. The van der Waals surface area contributed by atoms with Crippen LogP contribution < -0.4 is 0 Å². The van der Waals surface area contributed by atoms with Crippen molar-refractivity contribution in [2.24, 2.45) is 0 Å². The van der Waals surface area contributed by atoms with Crippen molar-refractivity contribution in [3.8, 4) is 0 Å². The van der Waals surface area contributed by atoms with Gasteiger partial charge in [0.2, 0.25) is 5.16 Å². The van der Waals surface area contributed by atoms with E-state index in [1.54, 1.807) is 0 Å². The Morgan fingerprint density at radius 1 is 1.44 bits per heavy atom. The van der Waals surface area contributed by atoms with E-state index < -0.39 is 24.6 Å². The molecular weight excluding hydrogens is 374 g/mol. The van der Waals surface area contributed by atoms with Crippen molar-refractivity contribution >= 4 is 41.4 Å². The van der Waals surface area contributed by atoms with Gasteiger partial charge in [-0.3, -0.25) is 14.5 Å². The van der Waals surface area contributed by atoms with Crippen LogP contribution in [0.1, 0.15) is 0 Å². The molecule has 0 saturated carbocycles. The van der Waals surface area contributed by atoms with Gasteiger partial charge in [-0.1, -0.05) is 11.8 Å². The number of aliphatic carboxylic acids is 2. The van der Waals surface area contributed by atoms with Crippen LogP contribution in [0, 0.1) is 0 Å². The van der Waals surface area contributed by atoms with Gasteiger partial charge < -0.3 is 14.9 Å². The smallest absolute Gasteiger partial charge is 0.352 e. The van der Waals surface area contributed by atoms with Crippen LogP contribution in [-0.2, 0) is 25.7 Å². The van der Waals surface area contributed by atoms with Gasteiger partial charge in [0.25, 0.3) is 5.91 Å². The fourth-order valence-electron chi connectivity index (χ4n) is 2.52. The zero-order chi connectivity index (χ0) is 18.1. The normalized spacial score (nSPS) is 22.6. The summed E-state index contributed by atoms with van der Waals surface area (Å²) in [4.78, 5) is 35.7. The van der Waals surface area contributed by atoms with E-state index in [2.05, 4.69) is 15.5 Å². The van der Waals surface area contributed by atoms with E-state index in [1.807, 2.05) is 0 Å². The molecule has 0 spiro atoms. The molecule has 2 N–H and O–H groups in total. The number of hydrogen-bond acceptors (Lipinski definition) is 9. The molecule has 13 heteroatoms. The minimum atomic E-state index is -1.19. The van der Waals surface area contributed by atoms with Crippen molar-refractivity contribution in [1.29, 1.82) is 0 Å². The molecule has 0 bridgehead atoms. The van der Waals surface area contributed by atoms with E-state index in [0.717, 1.165) is 16.4 Å². The summed E-state index contributed by atoms with van der Waals surface area (Å²) in [5, 5.41) is 29.0. The molecule has 1 amide bonds. The maximum Gasteiger partial charge on any atom is 0.352 e. The lowest BCUT2D eigenvalue weighted by Crippen LogP contribution is -2.65. The Labute approximate surface area is 149 Å². The summed E-state index contributed by atoms with van der Waals surface area (Å²) in [6.07, 6.45) is -0.628. The summed E-state index contributed by atoms with van der Waals surface area (Å²) in [5.74, 6) is -2.01. The first-order chi connectivity index (χ1) is 11.9. The van der Waals surface area contributed by atoms with Crippen molar-refractivity contribution in [2.75, 3.05) is 18.6 Å². The molecule has 0 radical (unpaired) electrons. The zero-order valence-electron chi connectivity index (χ0n) is 12.9. The lowest BCUT2D eigenvalue weighted by atomic mass is 10.1. The molecule has 0 unspecified atom stereocenters. The van der Waals surface area contributed by atoms with E-state index in [4.69, 9.17) is 9.84 Å². The summed E-state index contributed by atoms with van der Waals surface area (Å²) < 4.78 is 6.20. The SMILES string of the molecule is CO[C@@H]1C(=O)N2C(C(=O)O)=C(CSc3nnnn3CC(=O)O)CS[C@@H]12. The van der Waals surface area contributed by atoms with Crippen LogP contribution >= 0.6 is 23.5 Å². The van der Waals surface area contributed by atoms with Gasteiger partial charge in [0, 0.05) is 18.6 Å². The predicted molar refractivity (Wildman–Crippen MR) is 84.7 cm³/mol. The highest BCUT2D eigenvalue weighted by Gasteiger charge is 2.53. The van der Waals surface area contributed by atoms with Crippen molar-refractivity contribution in [3.05, 3.63) is 11.3 Å². The largest absolute Gasteiger partial charge is 0.480 e. The second-order valence-electron chi connectivity index (χ2n) is 5.12. The summed E-state index contributed by atoms with van der Waals surface area (Å²) in [7, 11) is 1.41. The number of carbonyl (C=O) groups excluding carboxylic acids is 1. The van der Waals surface area contributed by atoms with Crippen LogP contribution in [0.5, 0.6) is 0 Å². The first-order valence-electron chi connectivity index (χ1n) is 6.97. The molecular formula is C12H13N5O6S2. The number of carbonyl (C=O) groups is 3. The molecule has 0 aliphatic carbocycles. The number of ether oxygens (including phenoxy) is 1. The molecule has 0 aromatic carbocycles. The molecule has 2 atom stereocenters. The second kappa shape index (κ2) is 7.01. The van der Waals surface area contributed by atoms with Gasteiger partial charge in [-0.05, 0) is 16.0 Å². The van der Waals surface area contributed by atoms with Crippen LogP contribution in [0.15, 0.2) is 16.4 Å². The van der Waals surface area contributed by atoms with E-state index in [1.165, 1.54) is 23.8 Å². The summed E-state index contributed by atoms with van der Waals surface area (Å²) >= 11 is 2.54. The first kappa shape index (κ1) is 17.7. The quantitative estimate of drug-likeness (QED) is 0.444. The van der Waals surface area contributed by atoms with Gasteiger partial charge in [0.15, 0.2) is 6.10 Å². The number of hydrogen-bond donors (Lipinski definition) is 2. The number of tetrazole rings is 1. The number of carboxylic acids is 2. The third kappa shape index (κ3) is 3.21. The number of amides is 1. The van der Waals surface area contributed by atoms with Crippen LogP contribution in [-0.4, -0.2) is 83.3 Å². The zero-order valence-corrected chi connectivity index (χ0v) is 14.5. The molecule has 11 nitrogen and oxygen atoms in total. The van der Waals surface area contributed by atoms with Gasteiger partial charge in [-0.2, -0.15) is 0 Å². The predicted octanol–water partition coefficient (Wildman–Crippen LogP) is -0.881. The Morgan fingerprint density at radius 3 is 2.84 bits per heavy atom. The molecule has 2 aliphatic rings. The molecule has 3 heterocycles. The van der Waals surface area contributed by atoms with E-state index in [0.29, 0.717) is 11.3 Å². The Morgan fingerprint density at radius 2 is 2.20 bits per heavy atom. The Balaban J connectivity index is 1.78. The first-order valence-corrected chi connectivity index (χ1v) is 9.01. The van der Waals surface area contributed by atoms with Crippen LogP contribution in [0.2, 0.25) is 0 Å². The van der Waals surface area contributed by atoms with Gasteiger partial charge in [-0.25, -0.2) is 9.48 Å². The molecule has 1 saturated heterocycles. The molecule has 134 valence electrons. The average molecular weight is 387 g/mol. The van der Waals surface area contributed by atoms with Crippen molar-refractivity contribution in [2.45, 2.75) is 23.2 Å². The summed E-state index contributed by atoms with van der Waals surface area (Å²) in [5.41, 5.74) is 0.498. The highest BCUT2D eigenvalue weighted by Crippen LogP contribution is 2.42. The van der Waals surface area contributed by atoms with Crippen molar-refractivity contribution in [1.82, 2.24) is 25.1 Å². The monoisotopic (exact) mass is 387 g/mol. The van der Waals surface area contributed by atoms with Crippen molar-refractivity contribution in [3.63, 3.8) is 0 Å². The average Bonchev–Trinajstić information content (AvgIpc) is 2.98. The van der Waals surface area contributed by atoms with Gasteiger partial charge >= 0.3 is 11.9 Å². The molecule has 1 aromatic rings. The second-order valence-corrected chi connectivity index (χ2v) is 7.17. The van der Waals surface area contributed by atoms with E-state index >= 15 is 0 Å². The maximum absolute atomic E-state index is 12.1. The van der Waals surface area contributed by atoms with Gasteiger partial charge in [0.1, 0.15) is 17.6 Å². The summed E-state index contributed by atoms with van der Waals surface area (Å²) in [6.45, 7) is -0.392. The topological polar surface area (TPSA) is 148 Å². The summed E-state index contributed by atoms with van der Waals surface area (Å²) in [6, 6.07) is 0. The number of methoxy groups -OCH3 is 1. The minimum absolute atomic E-state index is 0.0493. The standard InChI is InChI=1S/C12H13N5O6S2/c1-23-8-9(20)17-7(11(21)22)5(3-24-10(8)17)4-25-12-13-14-15-16(12)2-6(18)19/h8,10H,2-4H2,1H3,(H,18,19)(H,21,22)/t8-,10+/m1/s1. The number of rotatable bonds is 7. The Hall–Kier alpha value is -2.12. The highest BCUT2D eigenvalue weighted by molar-refractivity contribution is 8.01. The molecule has 1 aromatic heterocycles. The third-order valence-corrected chi connectivity index (χ3v) is 5.97. The number of β-lactam (4-membered cyclic amide) rings is 1. The minimum Gasteiger partial charge on any atom is -0.480 e. The van der Waals surface area contributed by atoms with Gasteiger partial charge in [0.05, 0.1) is 0 Å². The fraction of sp³-hybridized carbons (Fsp3) is 0.500. The van der Waals surface area contributed by atoms with Crippen LogP contribution in [0.25, 0.3) is 0 Å². The lowest BCUT2D eigenvalue weighted by molar-refractivity contribution is -0.162. The van der Waals surface area contributed by atoms with Crippen LogP contribution in [0.3, 0.4) is 0 Å². The molecule has 3 rings (SSSR count). The number of nitrogens with zero attached hydrogens (tertiary/aromatic N) is 5. The molecule has 25 heavy (non-hydrogen) atoms. The fourth-order valence-corrected chi connectivity index (χ4v) is 4.91. The van der Waals surface area contributed by atoms with Crippen LogP contribution in [0.4, 0.5) is 0 Å². The Bertz CT molecular complexity index is 765.